The Labute approximate surface area is 142 Å². The van der Waals surface area contributed by atoms with Crippen LogP contribution in [0, 0.1) is 0 Å². The van der Waals surface area contributed by atoms with Crippen LogP contribution in [0.1, 0.15) is 48.8 Å². The maximum atomic E-state index is 11.8. The molecule has 0 bridgehead atoms. The number of piperidine rings is 1. The first kappa shape index (κ1) is 15.8. The summed E-state index contributed by atoms with van der Waals surface area (Å²) in [6, 6.07) is 5.85. The number of carbonyl (C=O) groups is 1. The van der Waals surface area contributed by atoms with Crippen molar-refractivity contribution in [3.8, 4) is 0 Å². The van der Waals surface area contributed by atoms with E-state index in [1.54, 1.807) is 6.92 Å². The Morgan fingerprint density at radius 3 is 2.75 bits per heavy atom. The summed E-state index contributed by atoms with van der Waals surface area (Å²) in [7, 11) is 0. The van der Waals surface area contributed by atoms with Gasteiger partial charge in [-0.2, -0.15) is 0 Å². The van der Waals surface area contributed by atoms with Gasteiger partial charge in [-0.05, 0) is 57.5 Å². The van der Waals surface area contributed by atoms with Crippen molar-refractivity contribution in [3.05, 3.63) is 29.6 Å². The van der Waals surface area contributed by atoms with Crippen molar-refractivity contribution in [3.63, 3.8) is 0 Å². The van der Waals surface area contributed by atoms with Crippen LogP contribution in [0.3, 0.4) is 0 Å². The first-order chi connectivity index (χ1) is 11.7. The number of likely N-dealkylation sites (tertiary alicyclic amines) is 1. The Kier molecular flexibility index (Phi) is 4.37. The fourth-order valence-corrected chi connectivity index (χ4v) is 3.67. The molecule has 0 radical (unpaired) electrons. The number of hydrogen-bond donors (Lipinski definition) is 0. The van der Waals surface area contributed by atoms with Crippen molar-refractivity contribution in [2.75, 3.05) is 19.7 Å². The molecule has 2 aliphatic rings. The Morgan fingerprint density at radius 1 is 1.29 bits per heavy atom. The van der Waals surface area contributed by atoms with Crippen molar-refractivity contribution < 1.29 is 9.53 Å². The highest BCUT2D eigenvalue weighted by molar-refractivity contribution is 5.97. The van der Waals surface area contributed by atoms with Gasteiger partial charge in [0.2, 0.25) is 0 Å². The molecule has 0 N–H and O–H groups in total. The lowest BCUT2D eigenvalue weighted by Gasteiger charge is -2.29. The zero-order valence-corrected chi connectivity index (χ0v) is 14.3. The molecule has 24 heavy (non-hydrogen) atoms. The molecule has 0 amide bonds. The maximum absolute atomic E-state index is 11.8. The summed E-state index contributed by atoms with van der Waals surface area (Å²) in [6.07, 6.45) is 5.28. The van der Waals surface area contributed by atoms with E-state index in [4.69, 9.17) is 9.72 Å². The van der Waals surface area contributed by atoms with Crippen molar-refractivity contribution in [1.29, 1.82) is 0 Å². The van der Waals surface area contributed by atoms with Crippen molar-refractivity contribution in [2.24, 2.45) is 0 Å². The number of ether oxygens (including phenoxy) is 1. The highest BCUT2D eigenvalue weighted by Gasteiger charge is 2.23. The fraction of sp³-hybridized carbons (Fsp3) is 0.579. The number of rotatable bonds is 5. The van der Waals surface area contributed by atoms with Crippen LogP contribution in [-0.2, 0) is 17.8 Å². The molecule has 2 aliphatic heterocycles. The summed E-state index contributed by atoms with van der Waals surface area (Å²) < 4.78 is 7.92. The molecule has 1 atom stereocenters. The second kappa shape index (κ2) is 6.65. The number of imidazole rings is 1. The molecule has 4 rings (SSSR count). The molecule has 5 nitrogen and oxygen atoms in total. The lowest BCUT2D eigenvalue weighted by Crippen LogP contribution is -2.34. The fourth-order valence-electron chi connectivity index (χ4n) is 3.67. The van der Waals surface area contributed by atoms with Gasteiger partial charge in [-0.3, -0.25) is 9.69 Å². The van der Waals surface area contributed by atoms with E-state index in [-0.39, 0.29) is 11.9 Å². The standard InChI is InChI=1S/C19H25N3O2/c1-14(23)15-5-6-17-18(11-15)22(12-16-7-10-24-16)19(20-17)13-21-8-3-2-4-9-21/h5-6,11,16H,2-4,7-10,12-13H2,1H3. The molecule has 0 spiro atoms. The van der Waals surface area contributed by atoms with E-state index in [1.165, 1.54) is 19.3 Å². The maximum Gasteiger partial charge on any atom is 0.159 e. The third kappa shape index (κ3) is 3.10. The minimum atomic E-state index is 0.0992. The van der Waals surface area contributed by atoms with E-state index >= 15 is 0 Å². The van der Waals surface area contributed by atoms with E-state index < -0.39 is 0 Å². The normalized spacial score (nSPS) is 21.8. The van der Waals surface area contributed by atoms with Crippen molar-refractivity contribution in [2.45, 2.75) is 51.8 Å². The summed E-state index contributed by atoms with van der Waals surface area (Å²) in [5.74, 6) is 1.20. The summed E-state index contributed by atoms with van der Waals surface area (Å²) >= 11 is 0. The van der Waals surface area contributed by atoms with Crippen LogP contribution in [-0.4, -0.2) is 46.0 Å². The van der Waals surface area contributed by atoms with Crippen LogP contribution < -0.4 is 0 Å². The topological polar surface area (TPSA) is 47.4 Å². The molecule has 2 saturated heterocycles. The van der Waals surface area contributed by atoms with Gasteiger partial charge in [0.25, 0.3) is 0 Å². The van der Waals surface area contributed by atoms with Gasteiger partial charge in [-0.15, -0.1) is 0 Å². The van der Waals surface area contributed by atoms with Crippen molar-refractivity contribution in [1.82, 2.24) is 14.5 Å². The predicted molar refractivity (Wildman–Crippen MR) is 93.2 cm³/mol. The highest BCUT2D eigenvalue weighted by Crippen LogP contribution is 2.24. The molecular weight excluding hydrogens is 302 g/mol. The first-order valence-corrected chi connectivity index (χ1v) is 9.05. The third-order valence-electron chi connectivity index (χ3n) is 5.23. The van der Waals surface area contributed by atoms with Crippen LogP contribution in [0.15, 0.2) is 18.2 Å². The largest absolute Gasteiger partial charge is 0.376 e. The lowest BCUT2D eigenvalue weighted by molar-refractivity contribution is -0.0592. The van der Waals surface area contributed by atoms with Crippen LogP contribution >= 0.6 is 0 Å². The number of aromatic nitrogens is 2. The zero-order chi connectivity index (χ0) is 16.5. The van der Waals surface area contributed by atoms with Gasteiger partial charge in [-0.25, -0.2) is 4.98 Å². The number of carbonyl (C=O) groups excluding carboxylic acids is 1. The summed E-state index contributed by atoms with van der Waals surface area (Å²) in [4.78, 5) is 19.1. The minimum absolute atomic E-state index is 0.0992. The summed E-state index contributed by atoms with van der Waals surface area (Å²) in [5, 5.41) is 0. The van der Waals surface area contributed by atoms with Crippen LogP contribution in [0.25, 0.3) is 11.0 Å². The Bertz CT molecular complexity index is 742. The molecule has 1 aromatic heterocycles. The van der Waals surface area contributed by atoms with Gasteiger partial charge in [0, 0.05) is 12.2 Å². The summed E-state index contributed by atoms with van der Waals surface area (Å²) in [5.41, 5.74) is 2.79. The third-order valence-corrected chi connectivity index (χ3v) is 5.23. The van der Waals surface area contributed by atoms with E-state index in [0.717, 1.165) is 61.6 Å². The smallest absolute Gasteiger partial charge is 0.159 e. The molecule has 2 fully saturated rings. The van der Waals surface area contributed by atoms with Gasteiger partial charge < -0.3 is 9.30 Å². The SMILES string of the molecule is CC(=O)c1ccc2nc(CN3CCCCC3)n(CC3CCO3)c2c1. The number of ketones is 1. The Hall–Kier alpha value is -1.72. The quantitative estimate of drug-likeness (QED) is 0.792. The molecule has 3 heterocycles. The second-order valence-corrected chi connectivity index (χ2v) is 7.02. The Morgan fingerprint density at radius 2 is 2.08 bits per heavy atom. The molecule has 128 valence electrons. The first-order valence-electron chi connectivity index (χ1n) is 9.05. The average molecular weight is 327 g/mol. The number of hydrogen-bond acceptors (Lipinski definition) is 4. The van der Waals surface area contributed by atoms with E-state index in [1.807, 2.05) is 18.2 Å². The summed E-state index contributed by atoms with van der Waals surface area (Å²) in [6.45, 7) is 6.50. The number of benzene rings is 1. The molecule has 5 heteroatoms. The second-order valence-electron chi connectivity index (χ2n) is 7.02. The Balaban J connectivity index is 1.69. The zero-order valence-electron chi connectivity index (χ0n) is 14.3. The molecule has 2 aromatic rings. The highest BCUT2D eigenvalue weighted by atomic mass is 16.5. The molecule has 1 unspecified atom stereocenters. The number of fused-ring (bicyclic) bond motifs is 1. The van der Waals surface area contributed by atoms with Crippen molar-refractivity contribution >= 4 is 16.8 Å². The van der Waals surface area contributed by atoms with Gasteiger partial charge in [0.15, 0.2) is 5.78 Å². The predicted octanol–water partition coefficient (Wildman–Crippen LogP) is 3.01. The van der Waals surface area contributed by atoms with Gasteiger partial charge >= 0.3 is 0 Å². The monoisotopic (exact) mass is 327 g/mol. The molecular formula is C19H25N3O2. The number of Topliss-reactive ketones (excluding diaryl/α,β-unsaturated/α-hetero) is 1. The molecule has 0 saturated carbocycles. The minimum Gasteiger partial charge on any atom is -0.376 e. The van der Waals surface area contributed by atoms with E-state index in [2.05, 4.69) is 9.47 Å². The van der Waals surface area contributed by atoms with Gasteiger partial charge in [-0.1, -0.05) is 6.42 Å². The van der Waals surface area contributed by atoms with E-state index in [0.29, 0.717) is 0 Å². The molecule has 1 aromatic carbocycles. The average Bonchev–Trinajstić information content (AvgIpc) is 2.88. The number of nitrogens with zero attached hydrogens (tertiary/aromatic N) is 3. The van der Waals surface area contributed by atoms with Gasteiger partial charge in [0.1, 0.15) is 5.82 Å². The van der Waals surface area contributed by atoms with Crippen LogP contribution in [0.2, 0.25) is 0 Å². The van der Waals surface area contributed by atoms with E-state index in [9.17, 15) is 4.79 Å². The van der Waals surface area contributed by atoms with Crippen LogP contribution in [0.4, 0.5) is 0 Å². The lowest BCUT2D eigenvalue weighted by atomic mass is 10.1. The van der Waals surface area contributed by atoms with Gasteiger partial charge in [0.05, 0.1) is 30.2 Å². The molecule has 0 aliphatic carbocycles. The van der Waals surface area contributed by atoms with Crippen LogP contribution in [0.5, 0.6) is 0 Å².